The van der Waals surface area contributed by atoms with Crippen molar-refractivity contribution >= 4 is 10.0 Å². The third-order valence-electron chi connectivity index (χ3n) is 5.23. The van der Waals surface area contributed by atoms with Crippen molar-refractivity contribution in [2.45, 2.75) is 39.2 Å². The van der Waals surface area contributed by atoms with Gasteiger partial charge in [0.2, 0.25) is 10.0 Å². The topological polar surface area (TPSA) is 81.9 Å². The average molecular weight is 394 g/mol. The van der Waals surface area contributed by atoms with Crippen LogP contribution in [0.25, 0.3) is 0 Å². The number of hydrogen-bond donors (Lipinski definition) is 0. The molecule has 0 spiro atoms. The summed E-state index contributed by atoms with van der Waals surface area (Å²) in [5.41, 5.74) is 3.95. The van der Waals surface area contributed by atoms with Crippen molar-refractivity contribution in [3.63, 3.8) is 0 Å². The van der Waals surface area contributed by atoms with Gasteiger partial charge in [0.25, 0.3) is 0 Å². The van der Waals surface area contributed by atoms with Crippen LogP contribution in [0.5, 0.6) is 11.5 Å². The number of ether oxygens (including phenoxy) is 2. The summed E-state index contributed by atoms with van der Waals surface area (Å²) in [6.07, 6.45) is 3.23. The predicted molar refractivity (Wildman–Crippen MR) is 102 cm³/mol. The number of hydrogen-bond acceptors (Lipinski definition) is 6. The summed E-state index contributed by atoms with van der Waals surface area (Å²) in [7, 11) is -0.156. The second kappa shape index (κ2) is 7.52. The van der Waals surface area contributed by atoms with E-state index >= 15 is 0 Å². The van der Waals surface area contributed by atoms with Crippen molar-refractivity contribution in [3.8, 4) is 11.5 Å². The molecule has 3 rings (SSSR count). The van der Waals surface area contributed by atoms with Gasteiger partial charge in [0.15, 0.2) is 11.5 Å². The van der Waals surface area contributed by atoms with E-state index in [1.54, 1.807) is 18.5 Å². The molecule has 0 aliphatic carbocycles. The molecular weight excluding hydrogens is 368 g/mol. The molecule has 0 unspecified atom stereocenters. The first-order chi connectivity index (χ1) is 12.8. The van der Waals surface area contributed by atoms with Gasteiger partial charge in [-0.15, -0.1) is 0 Å². The van der Waals surface area contributed by atoms with Crippen molar-refractivity contribution in [2.24, 2.45) is 0 Å². The molecule has 7 nitrogen and oxygen atoms in total. The molecule has 1 aromatic heterocycles. The number of fused-ring (bicyclic) bond motifs is 1. The normalized spacial score (nSPS) is 17.6. The van der Waals surface area contributed by atoms with E-state index in [-0.39, 0.29) is 6.04 Å². The maximum absolute atomic E-state index is 12.4. The Hall–Kier alpha value is -2.06. The van der Waals surface area contributed by atoms with Crippen LogP contribution in [0.4, 0.5) is 0 Å². The third kappa shape index (κ3) is 3.82. The summed E-state index contributed by atoms with van der Waals surface area (Å²) in [5.74, 6) is 2.05. The molecule has 1 aliphatic rings. The lowest BCUT2D eigenvalue weighted by atomic mass is 9.89. The number of nitrogens with zero attached hydrogens (tertiary/aromatic N) is 2. The van der Waals surface area contributed by atoms with Crippen molar-refractivity contribution in [1.29, 1.82) is 0 Å². The zero-order valence-electron chi connectivity index (χ0n) is 16.4. The molecule has 1 aliphatic heterocycles. The van der Waals surface area contributed by atoms with Gasteiger partial charge in [-0.1, -0.05) is 5.16 Å². The van der Waals surface area contributed by atoms with Crippen molar-refractivity contribution < 1.29 is 22.4 Å². The van der Waals surface area contributed by atoms with Crippen molar-refractivity contribution in [3.05, 3.63) is 40.3 Å². The first-order valence-electron chi connectivity index (χ1n) is 8.89. The predicted octanol–water partition coefficient (Wildman–Crippen LogP) is 2.80. The van der Waals surface area contributed by atoms with E-state index in [1.807, 2.05) is 26.0 Å². The van der Waals surface area contributed by atoms with E-state index in [9.17, 15) is 8.42 Å². The summed E-state index contributed by atoms with van der Waals surface area (Å²) in [6.45, 7) is 4.24. The lowest BCUT2D eigenvalue weighted by Crippen LogP contribution is -2.39. The van der Waals surface area contributed by atoms with Gasteiger partial charge in [0, 0.05) is 12.1 Å². The van der Waals surface area contributed by atoms with Crippen LogP contribution < -0.4 is 9.47 Å². The Labute approximate surface area is 160 Å². The zero-order valence-corrected chi connectivity index (χ0v) is 17.2. The van der Waals surface area contributed by atoms with Crippen LogP contribution >= 0.6 is 0 Å². The van der Waals surface area contributed by atoms with Crippen LogP contribution in [-0.2, 0) is 22.9 Å². The highest BCUT2D eigenvalue weighted by Crippen LogP contribution is 2.41. The Bertz CT molecular complexity index is 916. The number of aromatic nitrogens is 1. The second-order valence-electron chi connectivity index (χ2n) is 6.89. The molecule has 2 aromatic rings. The van der Waals surface area contributed by atoms with Gasteiger partial charge < -0.3 is 14.0 Å². The fourth-order valence-corrected chi connectivity index (χ4v) is 4.95. The van der Waals surface area contributed by atoms with E-state index in [4.69, 9.17) is 14.0 Å². The minimum absolute atomic E-state index is 0.266. The molecule has 0 fully saturated rings. The van der Waals surface area contributed by atoms with Crippen molar-refractivity contribution in [2.75, 3.05) is 27.0 Å². The highest BCUT2D eigenvalue weighted by molar-refractivity contribution is 7.88. The van der Waals surface area contributed by atoms with E-state index in [1.165, 1.54) is 6.26 Å². The summed E-state index contributed by atoms with van der Waals surface area (Å²) >= 11 is 0. The Morgan fingerprint density at radius 2 is 1.89 bits per heavy atom. The lowest BCUT2D eigenvalue weighted by molar-refractivity contribution is 0.291. The maximum Gasteiger partial charge on any atom is 0.211 e. The number of sulfonamides is 1. The molecular formula is C19H26N2O5S. The zero-order chi connectivity index (χ0) is 19.8. The molecule has 0 saturated carbocycles. The minimum atomic E-state index is -3.34. The summed E-state index contributed by atoms with van der Waals surface area (Å²) in [6, 6.07) is 3.59. The molecule has 0 N–H and O–H groups in total. The fraction of sp³-hybridized carbons (Fsp3) is 0.526. The first-order valence-corrected chi connectivity index (χ1v) is 10.7. The monoisotopic (exact) mass is 394 g/mol. The Balaban J connectivity index is 2.01. The van der Waals surface area contributed by atoms with E-state index in [0.717, 1.165) is 28.1 Å². The van der Waals surface area contributed by atoms with Crippen LogP contribution in [-0.4, -0.2) is 44.9 Å². The van der Waals surface area contributed by atoms with Gasteiger partial charge in [0.05, 0.1) is 32.2 Å². The second-order valence-corrected chi connectivity index (χ2v) is 8.82. The third-order valence-corrected chi connectivity index (χ3v) is 6.52. The minimum Gasteiger partial charge on any atom is -0.493 e. The van der Waals surface area contributed by atoms with Gasteiger partial charge in [-0.05, 0) is 56.4 Å². The molecule has 0 bridgehead atoms. The molecule has 27 heavy (non-hydrogen) atoms. The number of benzene rings is 1. The average Bonchev–Trinajstić information content (AvgIpc) is 2.95. The van der Waals surface area contributed by atoms with Crippen LogP contribution in [0.15, 0.2) is 16.7 Å². The summed E-state index contributed by atoms with van der Waals surface area (Å²) in [5, 5.41) is 4.00. The maximum atomic E-state index is 12.4. The largest absolute Gasteiger partial charge is 0.493 e. The van der Waals surface area contributed by atoms with Gasteiger partial charge >= 0.3 is 0 Å². The molecule has 0 amide bonds. The first kappa shape index (κ1) is 19.7. The van der Waals surface area contributed by atoms with Crippen LogP contribution in [0, 0.1) is 13.8 Å². The number of rotatable bonds is 6. The standard InChI is InChI=1S/C19H26N2O5S/c1-12-15(13(2)26-20-12)6-7-17-16-11-19(25-4)18(24-3)10-14(16)8-9-21(17)27(5,22)23/h10-11,17H,6-9H2,1-5H3/t17-/m1/s1. The molecule has 8 heteroatoms. The quantitative estimate of drug-likeness (QED) is 0.749. The number of methoxy groups -OCH3 is 2. The lowest BCUT2D eigenvalue weighted by Gasteiger charge is -2.36. The summed E-state index contributed by atoms with van der Waals surface area (Å²) < 4.78 is 42.5. The number of aryl methyl sites for hydroxylation is 2. The van der Waals surface area contributed by atoms with Crippen LogP contribution in [0.2, 0.25) is 0 Å². The van der Waals surface area contributed by atoms with Crippen LogP contribution in [0.1, 0.15) is 40.6 Å². The van der Waals surface area contributed by atoms with Gasteiger partial charge in [-0.2, -0.15) is 4.31 Å². The molecule has 148 valence electrons. The highest BCUT2D eigenvalue weighted by Gasteiger charge is 2.34. The van der Waals surface area contributed by atoms with Gasteiger partial charge in [0.1, 0.15) is 5.76 Å². The van der Waals surface area contributed by atoms with Crippen LogP contribution in [0.3, 0.4) is 0 Å². The molecule has 1 aromatic carbocycles. The van der Waals surface area contributed by atoms with Gasteiger partial charge in [-0.25, -0.2) is 8.42 Å². The molecule has 1 atom stereocenters. The molecule has 0 radical (unpaired) electrons. The fourth-order valence-electron chi connectivity index (χ4n) is 3.84. The molecule has 2 heterocycles. The van der Waals surface area contributed by atoms with Gasteiger partial charge in [-0.3, -0.25) is 0 Å². The Kier molecular flexibility index (Phi) is 5.48. The summed E-state index contributed by atoms with van der Waals surface area (Å²) in [4.78, 5) is 0. The Morgan fingerprint density at radius 3 is 2.44 bits per heavy atom. The van der Waals surface area contributed by atoms with Crippen molar-refractivity contribution in [1.82, 2.24) is 9.46 Å². The Morgan fingerprint density at radius 1 is 1.22 bits per heavy atom. The van der Waals surface area contributed by atoms with E-state index in [0.29, 0.717) is 37.3 Å². The van der Waals surface area contributed by atoms with E-state index < -0.39 is 10.0 Å². The highest BCUT2D eigenvalue weighted by atomic mass is 32.2. The smallest absolute Gasteiger partial charge is 0.211 e. The van der Waals surface area contributed by atoms with E-state index in [2.05, 4.69) is 5.16 Å². The SMILES string of the molecule is COc1cc2c(cc1OC)[C@@H](CCc1c(C)noc1C)N(S(C)(=O)=O)CC2. The molecule has 0 saturated heterocycles.